The van der Waals surface area contributed by atoms with E-state index in [1.165, 1.54) is 103 Å². The van der Waals surface area contributed by atoms with Crippen molar-refractivity contribution < 1.29 is 25.2 Å². The molecule has 4 atom stereocenters. The minimum Gasteiger partial charge on any atom is -0.394 e. The van der Waals surface area contributed by atoms with Crippen molar-refractivity contribution >= 4 is 5.91 Å². The van der Waals surface area contributed by atoms with E-state index in [1.807, 2.05) is 0 Å². The average Bonchev–Trinajstić information content (AvgIpc) is 2.96. The van der Waals surface area contributed by atoms with Gasteiger partial charge in [0, 0.05) is 0 Å². The molecule has 0 spiro atoms. The van der Waals surface area contributed by atoms with E-state index >= 15 is 0 Å². The van der Waals surface area contributed by atoms with Crippen LogP contribution in [0.15, 0.2) is 12.2 Å². The Morgan fingerprint density at radius 1 is 0.600 bits per heavy atom. The Labute approximate surface area is 247 Å². The van der Waals surface area contributed by atoms with Gasteiger partial charge in [0.25, 0.3) is 0 Å². The molecule has 0 bridgehead atoms. The molecule has 0 aliphatic heterocycles. The van der Waals surface area contributed by atoms with Crippen LogP contribution < -0.4 is 5.32 Å². The Morgan fingerprint density at radius 2 is 1.02 bits per heavy atom. The maximum absolute atomic E-state index is 12.4. The Hall–Kier alpha value is -0.950. The lowest BCUT2D eigenvalue weighted by molar-refractivity contribution is -0.132. The molecule has 0 aromatic heterocycles. The Balaban J connectivity index is 3.89. The van der Waals surface area contributed by atoms with Gasteiger partial charge in [0.1, 0.15) is 12.2 Å². The fourth-order valence-electron chi connectivity index (χ4n) is 5.17. The number of carbonyl (C=O) groups is 1. The standard InChI is InChI=1S/C34H67NO5/c1-3-5-7-9-11-13-15-16-18-20-22-24-26-28-32(38)34(40)35-30(29-36)33(39)31(37)27-25-23-21-19-17-14-12-10-8-6-4-2/h19,21,30-33,36-39H,3-18,20,22-29H2,1-2H3,(H,35,40)/b21-19+. The molecule has 0 aromatic carbocycles. The van der Waals surface area contributed by atoms with E-state index in [4.69, 9.17) is 0 Å². The van der Waals surface area contributed by atoms with Crippen LogP contribution in [-0.2, 0) is 4.79 Å². The fraction of sp³-hybridized carbons (Fsp3) is 0.912. The van der Waals surface area contributed by atoms with Gasteiger partial charge in [-0.2, -0.15) is 0 Å². The van der Waals surface area contributed by atoms with Crippen molar-refractivity contribution in [3.8, 4) is 0 Å². The number of nitrogens with one attached hydrogen (secondary N) is 1. The number of rotatable bonds is 30. The number of carbonyl (C=O) groups excluding carboxylic acids is 1. The van der Waals surface area contributed by atoms with Crippen LogP contribution >= 0.6 is 0 Å². The van der Waals surface area contributed by atoms with Crippen LogP contribution in [-0.4, -0.2) is 57.3 Å². The fourth-order valence-corrected chi connectivity index (χ4v) is 5.17. The number of amides is 1. The zero-order chi connectivity index (χ0) is 29.7. The van der Waals surface area contributed by atoms with Gasteiger partial charge >= 0.3 is 0 Å². The third kappa shape index (κ3) is 23.7. The average molecular weight is 570 g/mol. The molecule has 6 nitrogen and oxygen atoms in total. The van der Waals surface area contributed by atoms with E-state index in [2.05, 4.69) is 31.3 Å². The van der Waals surface area contributed by atoms with Gasteiger partial charge in [-0.3, -0.25) is 4.79 Å². The zero-order valence-electron chi connectivity index (χ0n) is 26.3. The molecular weight excluding hydrogens is 502 g/mol. The maximum Gasteiger partial charge on any atom is 0.249 e. The molecule has 40 heavy (non-hydrogen) atoms. The summed E-state index contributed by atoms with van der Waals surface area (Å²) in [6, 6.07) is -0.993. The molecule has 0 aliphatic carbocycles. The predicted molar refractivity (Wildman–Crippen MR) is 168 cm³/mol. The summed E-state index contributed by atoms with van der Waals surface area (Å²) in [5, 5.41) is 43.2. The smallest absolute Gasteiger partial charge is 0.249 e. The van der Waals surface area contributed by atoms with Crippen molar-refractivity contribution in [3.63, 3.8) is 0 Å². The highest BCUT2D eigenvalue weighted by Crippen LogP contribution is 2.14. The van der Waals surface area contributed by atoms with Crippen LogP contribution in [0.3, 0.4) is 0 Å². The molecule has 0 fully saturated rings. The van der Waals surface area contributed by atoms with Gasteiger partial charge in [0.2, 0.25) is 5.91 Å². The molecule has 0 radical (unpaired) electrons. The minimum atomic E-state index is -1.27. The minimum absolute atomic E-state index is 0.367. The number of unbranched alkanes of at least 4 members (excludes halogenated alkanes) is 19. The number of aliphatic hydroxyl groups excluding tert-OH is 4. The maximum atomic E-state index is 12.4. The molecule has 4 unspecified atom stereocenters. The summed E-state index contributed by atoms with van der Waals surface area (Å²) < 4.78 is 0. The summed E-state index contributed by atoms with van der Waals surface area (Å²) in [4.78, 5) is 12.4. The lowest BCUT2D eigenvalue weighted by Crippen LogP contribution is -2.53. The molecule has 0 rings (SSSR count). The molecule has 0 heterocycles. The summed E-state index contributed by atoms with van der Waals surface area (Å²) in [6.07, 6.45) is 28.0. The second kappa shape index (κ2) is 29.5. The van der Waals surface area contributed by atoms with Gasteiger partial charge in [-0.15, -0.1) is 0 Å². The first-order valence-electron chi connectivity index (χ1n) is 17.1. The molecular formula is C34H67NO5. The van der Waals surface area contributed by atoms with Crippen LogP contribution in [0, 0.1) is 0 Å². The Bertz CT molecular complexity index is 571. The highest BCUT2D eigenvalue weighted by molar-refractivity contribution is 5.80. The normalized spacial score (nSPS) is 14.8. The van der Waals surface area contributed by atoms with Crippen LogP contribution in [0.2, 0.25) is 0 Å². The Morgan fingerprint density at radius 3 is 1.50 bits per heavy atom. The molecule has 0 saturated carbocycles. The quantitative estimate of drug-likeness (QED) is 0.0454. The highest BCUT2D eigenvalue weighted by atomic mass is 16.3. The lowest BCUT2D eigenvalue weighted by Gasteiger charge is -2.27. The lowest BCUT2D eigenvalue weighted by atomic mass is 10.00. The van der Waals surface area contributed by atoms with Crippen LogP contribution in [0.1, 0.15) is 168 Å². The second-order valence-electron chi connectivity index (χ2n) is 11.9. The van der Waals surface area contributed by atoms with Gasteiger partial charge in [0.15, 0.2) is 0 Å². The van der Waals surface area contributed by atoms with Crippen molar-refractivity contribution in [1.29, 1.82) is 0 Å². The molecule has 238 valence electrons. The van der Waals surface area contributed by atoms with Gasteiger partial charge in [-0.25, -0.2) is 0 Å². The van der Waals surface area contributed by atoms with Gasteiger partial charge in [-0.05, 0) is 38.5 Å². The van der Waals surface area contributed by atoms with Gasteiger partial charge < -0.3 is 25.7 Å². The third-order valence-electron chi connectivity index (χ3n) is 7.98. The zero-order valence-corrected chi connectivity index (χ0v) is 26.3. The number of allylic oxidation sites excluding steroid dienone is 2. The molecule has 6 heteroatoms. The summed E-state index contributed by atoms with van der Waals surface area (Å²) in [7, 11) is 0. The topological polar surface area (TPSA) is 110 Å². The van der Waals surface area contributed by atoms with E-state index in [0.29, 0.717) is 12.8 Å². The van der Waals surface area contributed by atoms with E-state index < -0.39 is 36.9 Å². The third-order valence-corrected chi connectivity index (χ3v) is 7.98. The number of hydrogen-bond donors (Lipinski definition) is 5. The van der Waals surface area contributed by atoms with Crippen LogP contribution in [0.4, 0.5) is 0 Å². The largest absolute Gasteiger partial charge is 0.394 e. The van der Waals surface area contributed by atoms with Crippen molar-refractivity contribution in [2.75, 3.05) is 6.61 Å². The molecule has 1 amide bonds. The molecule has 0 saturated heterocycles. The van der Waals surface area contributed by atoms with E-state index in [9.17, 15) is 25.2 Å². The van der Waals surface area contributed by atoms with Gasteiger partial charge in [-0.1, -0.05) is 142 Å². The SMILES string of the molecule is CCCCCCCC/C=C/CCCC(O)C(O)C(CO)NC(=O)C(O)CCCCCCCCCCCCCCC. The predicted octanol–water partition coefficient (Wildman–Crippen LogP) is 7.50. The second-order valence-corrected chi connectivity index (χ2v) is 11.9. The summed E-state index contributed by atoms with van der Waals surface area (Å²) >= 11 is 0. The van der Waals surface area contributed by atoms with Crippen molar-refractivity contribution in [2.24, 2.45) is 0 Å². The number of aliphatic hydroxyl groups is 4. The van der Waals surface area contributed by atoms with E-state index in [1.54, 1.807) is 0 Å². The van der Waals surface area contributed by atoms with Crippen LogP contribution in [0.5, 0.6) is 0 Å². The van der Waals surface area contributed by atoms with Gasteiger partial charge in [0.05, 0.1) is 18.8 Å². The molecule has 0 aromatic rings. The molecule has 0 aliphatic rings. The van der Waals surface area contributed by atoms with Crippen molar-refractivity contribution in [3.05, 3.63) is 12.2 Å². The van der Waals surface area contributed by atoms with E-state index in [-0.39, 0.29) is 0 Å². The molecule has 5 N–H and O–H groups in total. The van der Waals surface area contributed by atoms with E-state index in [0.717, 1.165) is 38.5 Å². The summed E-state index contributed by atoms with van der Waals surface area (Å²) in [5.74, 6) is -0.595. The monoisotopic (exact) mass is 570 g/mol. The van der Waals surface area contributed by atoms with Crippen molar-refractivity contribution in [2.45, 2.75) is 192 Å². The first-order valence-corrected chi connectivity index (χ1v) is 17.1. The van der Waals surface area contributed by atoms with Crippen molar-refractivity contribution in [1.82, 2.24) is 5.32 Å². The Kier molecular flexibility index (Phi) is 28.8. The highest BCUT2D eigenvalue weighted by Gasteiger charge is 2.28. The summed E-state index contributed by atoms with van der Waals surface area (Å²) in [5.41, 5.74) is 0. The first kappa shape index (κ1) is 39.0. The van der Waals surface area contributed by atoms with Crippen LogP contribution in [0.25, 0.3) is 0 Å². The number of hydrogen-bond acceptors (Lipinski definition) is 5. The summed E-state index contributed by atoms with van der Waals surface area (Å²) in [6.45, 7) is 3.98. The first-order chi connectivity index (χ1) is 19.5.